The Morgan fingerprint density at radius 1 is 1.39 bits per heavy atom. The van der Waals surface area contributed by atoms with E-state index in [2.05, 4.69) is 32.6 Å². The molecule has 1 aromatic carbocycles. The van der Waals surface area contributed by atoms with Crippen LogP contribution in [0.5, 0.6) is 11.6 Å². The summed E-state index contributed by atoms with van der Waals surface area (Å²) in [6.45, 7) is 0. The molecule has 0 saturated heterocycles. The van der Waals surface area contributed by atoms with E-state index in [-0.39, 0.29) is 16.9 Å². The molecule has 0 bridgehead atoms. The van der Waals surface area contributed by atoms with Crippen LogP contribution < -0.4 is 4.74 Å². The highest BCUT2D eigenvalue weighted by Crippen LogP contribution is 2.31. The Hall–Kier alpha value is -1.48. The quantitative estimate of drug-likeness (QED) is 0.354. The van der Waals surface area contributed by atoms with Gasteiger partial charge in [-0.1, -0.05) is 12.1 Å². The highest BCUT2D eigenvalue weighted by molar-refractivity contribution is 14.1. The Kier molecular flexibility index (Phi) is 3.92. The van der Waals surface area contributed by atoms with Crippen LogP contribution in [0.25, 0.3) is 0 Å². The lowest BCUT2D eigenvalue weighted by atomic mass is 10.3. The molecule has 0 radical (unpaired) electrons. The van der Waals surface area contributed by atoms with Gasteiger partial charge in [0.05, 0.1) is 8.49 Å². The third-order valence-corrected chi connectivity index (χ3v) is 3.02. The molecule has 2 rings (SSSR count). The van der Waals surface area contributed by atoms with Gasteiger partial charge in [0.2, 0.25) is 5.28 Å². The molecule has 1 aromatic heterocycles. The van der Waals surface area contributed by atoms with Gasteiger partial charge >= 0.3 is 11.6 Å². The summed E-state index contributed by atoms with van der Waals surface area (Å²) in [4.78, 5) is 17.5. The third kappa shape index (κ3) is 2.85. The third-order valence-electron chi connectivity index (χ3n) is 1.95. The van der Waals surface area contributed by atoms with Crippen molar-refractivity contribution in [2.75, 3.05) is 0 Å². The largest absolute Gasteiger partial charge is 0.432 e. The number of nitro groups is 1. The SMILES string of the molecule is O=[N+]([O-])c1cnc(Cl)nc1Oc1ccccc1I. The second-order valence-corrected chi connectivity index (χ2v) is 4.62. The number of hydrogen-bond donors (Lipinski definition) is 0. The molecule has 92 valence electrons. The van der Waals surface area contributed by atoms with Gasteiger partial charge in [0.15, 0.2) is 0 Å². The maximum absolute atomic E-state index is 10.8. The normalized spacial score (nSPS) is 10.1. The number of hydrogen-bond acceptors (Lipinski definition) is 5. The van der Waals surface area contributed by atoms with Crippen molar-refractivity contribution in [3.05, 3.63) is 49.4 Å². The van der Waals surface area contributed by atoms with E-state index in [0.717, 1.165) is 9.77 Å². The van der Waals surface area contributed by atoms with Crippen LogP contribution in [0.3, 0.4) is 0 Å². The second kappa shape index (κ2) is 5.44. The Bertz CT molecular complexity index is 609. The summed E-state index contributed by atoms with van der Waals surface area (Å²) >= 11 is 7.65. The molecule has 0 saturated carbocycles. The molecule has 0 spiro atoms. The first-order valence-corrected chi connectivity index (χ1v) is 6.13. The van der Waals surface area contributed by atoms with Crippen molar-refractivity contribution >= 4 is 39.9 Å². The molecule has 6 nitrogen and oxygen atoms in total. The van der Waals surface area contributed by atoms with E-state index in [9.17, 15) is 10.1 Å². The lowest BCUT2D eigenvalue weighted by Crippen LogP contribution is -1.98. The number of ether oxygens (including phenoxy) is 1. The van der Waals surface area contributed by atoms with Gasteiger partial charge in [0.25, 0.3) is 0 Å². The lowest BCUT2D eigenvalue weighted by molar-refractivity contribution is -0.386. The molecule has 0 N–H and O–H groups in total. The van der Waals surface area contributed by atoms with Crippen LogP contribution in [0.15, 0.2) is 30.5 Å². The Morgan fingerprint density at radius 2 is 2.11 bits per heavy atom. The summed E-state index contributed by atoms with van der Waals surface area (Å²) < 4.78 is 6.20. The molecular weight excluding hydrogens is 372 g/mol. The average molecular weight is 378 g/mol. The fraction of sp³-hybridized carbons (Fsp3) is 0. The molecule has 2 aromatic rings. The molecule has 0 atom stereocenters. The zero-order valence-electron chi connectivity index (χ0n) is 8.71. The van der Waals surface area contributed by atoms with Gasteiger partial charge in [-0.25, -0.2) is 4.98 Å². The molecule has 0 aliphatic heterocycles. The fourth-order valence-electron chi connectivity index (χ4n) is 1.17. The number of rotatable bonds is 3. The number of aromatic nitrogens is 2. The minimum absolute atomic E-state index is 0.110. The van der Waals surface area contributed by atoms with Crippen molar-refractivity contribution < 1.29 is 9.66 Å². The Labute approximate surface area is 120 Å². The van der Waals surface area contributed by atoms with Crippen LogP contribution in [-0.4, -0.2) is 14.9 Å². The number of halogens is 2. The molecule has 1 heterocycles. The van der Waals surface area contributed by atoms with Crippen LogP contribution in [0.1, 0.15) is 0 Å². The van der Waals surface area contributed by atoms with Gasteiger partial charge in [0.1, 0.15) is 11.9 Å². The van der Waals surface area contributed by atoms with Crippen molar-refractivity contribution in [1.29, 1.82) is 0 Å². The molecule has 0 fully saturated rings. The topological polar surface area (TPSA) is 78.2 Å². The maximum Gasteiger partial charge on any atom is 0.349 e. The highest BCUT2D eigenvalue weighted by Gasteiger charge is 2.19. The van der Waals surface area contributed by atoms with Gasteiger partial charge in [0, 0.05) is 0 Å². The van der Waals surface area contributed by atoms with E-state index in [0.29, 0.717) is 5.75 Å². The summed E-state index contributed by atoms with van der Waals surface area (Å²) in [5, 5.41) is 10.7. The fourth-order valence-corrected chi connectivity index (χ4v) is 1.79. The standard InChI is InChI=1S/C10H5ClIN3O3/c11-10-13-5-7(15(16)17)9(14-10)18-8-4-2-1-3-6(8)12/h1-5H. The van der Waals surface area contributed by atoms with Crippen LogP contribution in [0.2, 0.25) is 5.28 Å². The maximum atomic E-state index is 10.8. The average Bonchev–Trinajstić information content (AvgIpc) is 2.32. The second-order valence-electron chi connectivity index (χ2n) is 3.12. The van der Waals surface area contributed by atoms with Gasteiger partial charge in [-0.05, 0) is 46.3 Å². The molecule has 0 aliphatic rings. The zero-order chi connectivity index (χ0) is 13.1. The number of para-hydroxylation sites is 1. The van der Waals surface area contributed by atoms with Gasteiger partial charge in [-0.2, -0.15) is 4.98 Å². The first-order chi connectivity index (χ1) is 8.58. The summed E-state index contributed by atoms with van der Waals surface area (Å²) in [6, 6.07) is 7.08. The van der Waals surface area contributed by atoms with Gasteiger partial charge < -0.3 is 4.74 Å². The molecule has 0 aliphatic carbocycles. The highest BCUT2D eigenvalue weighted by atomic mass is 127. The minimum Gasteiger partial charge on any atom is -0.432 e. The van der Waals surface area contributed by atoms with Crippen molar-refractivity contribution in [3.8, 4) is 11.6 Å². The number of nitrogens with zero attached hydrogens (tertiary/aromatic N) is 3. The summed E-state index contributed by atoms with van der Waals surface area (Å²) in [5.41, 5.74) is -0.334. The van der Waals surface area contributed by atoms with Crippen LogP contribution in [-0.2, 0) is 0 Å². The van der Waals surface area contributed by atoms with Crippen LogP contribution in [0.4, 0.5) is 5.69 Å². The van der Waals surface area contributed by atoms with Crippen molar-refractivity contribution in [1.82, 2.24) is 9.97 Å². The predicted octanol–water partition coefficient (Wildman–Crippen LogP) is 3.44. The zero-order valence-corrected chi connectivity index (χ0v) is 11.6. The molecule has 0 amide bonds. The number of benzene rings is 1. The van der Waals surface area contributed by atoms with Crippen molar-refractivity contribution in [2.24, 2.45) is 0 Å². The smallest absolute Gasteiger partial charge is 0.349 e. The first-order valence-electron chi connectivity index (χ1n) is 4.67. The Morgan fingerprint density at radius 3 is 2.78 bits per heavy atom. The first kappa shape index (κ1) is 13.0. The van der Waals surface area contributed by atoms with E-state index >= 15 is 0 Å². The lowest BCUT2D eigenvalue weighted by Gasteiger charge is -2.06. The van der Waals surface area contributed by atoms with E-state index in [1.807, 2.05) is 12.1 Å². The van der Waals surface area contributed by atoms with E-state index in [1.54, 1.807) is 12.1 Å². The molecule has 0 unspecified atom stereocenters. The molecular formula is C10H5ClIN3O3. The summed E-state index contributed by atoms with van der Waals surface area (Å²) in [7, 11) is 0. The molecule has 8 heteroatoms. The van der Waals surface area contributed by atoms with E-state index in [4.69, 9.17) is 16.3 Å². The van der Waals surface area contributed by atoms with E-state index in [1.165, 1.54) is 0 Å². The van der Waals surface area contributed by atoms with E-state index < -0.39 is 4.92 Å². The summed E-state index contributed by atoms with van der Waals surface area (Å²) in [6.07, 6.45) is 1.01. The van der Waals surface area contributed by atoms with Crippen molar-refractivity contribution in [3.63, 3.8) is 0 Å². The predicted molar refractivity (Wildman–Crippen MR) is 72.9 cm³/mol. The van der Waals surface area contributed by atoms with Crippen molar-refractivity contribution in [2.45, 2.75) is 0 Å². The Balaban J connectivity index is 2.42. The monoisotopic (exact) mass is 377 g/mol. The molecule has 18 heavy (non-hydrogen) atoms. The van der Waals surface area contributed by atoms with Gasteiger partial charge in [-0.15, -0.1) is 0 Å². The van der Waals surface area contributed by atoms with Crippen LogP contribution in [0, 0.1) is 13.7 Å². The minimum atomic E-state index is -0.624. The summed E-state index contributed by atoms with van der Waals surface area (Å²) in [5.74, 6) is 0.292. The van der Waals surface area contributed by atoms with Crippen LogP contribution >= 0.6 is 34.2 Å². The van der Waals surface area contributed by atoms with Gasteiger partial charge in [-0.3, -0.25) is 10.1 Å².